The molecule has 0 aliphatic rings. The van der Waals surface area contributed by atoms with Gasteiger partial charge in [0.25, 0.3) is 0 Å². The Morgan fingerprint density at radius 1 is 1.44 bits per heavy atom. The summed E-state index contributed by atoms with van der Waals surface area (Å²) in [4.78, 5) is 5.47. The third kappa shape index (κ3) is 3.90. The molecule has 18 heavy (non-hydrogen) atoms. The number of hydrogen-bond donors (Lipinski definition) is 1. The lowest BCUT2D eigenvalue weighted by Crippen LogP contribution is -2.23. The van der Waals surface area contributed by atoms with Crippen molar-refractivity contribution in [1.82, 2.24) is 10.3 Å². The number of rotatable bonds is 6. The lowest BCUT2D eigenvalue weighted by atomic mass is 10.0. The lowest BCUT2D eigenvalue weighted by molar-refractivity contribution is 0.532. The van der Waals surface area contributed by atoms with Crippen LogP contribution in [0.15, 0.2) is 40.4 Å². The highest BCUT2D eigenvalue weighted by Crippen LogP contribution is 2.23. The second-order valence-electron chi connectivity index (χ2n) is 4.23. The molecule has 0 aliphatic heterocycles. The zero-order valence-corrected chi connectivity index (χ0v) is 12.8. The SMILES string of the molecule is CCCNC(Cc1cncs1)c1cccc(Br)c1. The van der Waals surface area contributed by atoms with Crippen molar-refractivity contribution in [1.29, 1.82) is 0 Å². The van der Waals surface area contributed by atoms with Crippen LogP contribution in [0.2, 0.25) is 0 Å². The van der Waals surface area contributed by atoms with E-state index in [-0.39, 0.29) is 0 Å². The van der Waals surface area contributed by atoms with Crippen molar-refractivity contribution in [3.63, 3.8) is 0 Å². The maximum absolute atomic E-state index is 4.15. The highest BCUT2D eigenvalue weighted by atomic mass is 79.9. The first-order chi connectivity index (χ1) is 8.79. The summed E-state index contributed by atoms with van der Waals surface area (Å²) >= 11 is 5.26. The molecular formula is C14H17BrN2S. The van der Waals surface area contributed by atoms with Crippen LogP contribution < -0.4 is 5.32 Å². The van der Waals surface area contributed by atoms with Crippen LogP contribution in [0.4, 0.5) is 0 Å². The van der Waals surface area contributed by atoms with Crippen LogP contribution in [0.25, 0.3) is 0 Å². The van der Waals surface area contributed by atoms with E-state index in [0.717, 1.165) is 23.9 Å². The van der Waals surface area contributed by atoms with Crippen molar-refractivity contribution in [3.05, 3.63) is 50.9 Å². The number of hydrogen-bond acceptors (Lipinski definition) is 3. The highest BCUT2D eigenvalue weighted by Gasteiger charge is 2.12. The molecule has 1 unspecified atom stereocenters. The summed E-state index contributed by atoms with van der Waals surface area (Å²) in [6.07, 6.45) is 4.11. The van der Waals surface area contributed by atoms with Gasteiger partial charge in [-0.15, -0.1) is 11.3 Å². The first kappa shape index (κ1) is 13.7. The molecular weight excluding hydrogens is 308 g/mol. The van der Waals surface area contributed by atoms with Crippen LogP contribution in [-0.4, -0.2) is 11.5 Å². The van der Waals surface area contributed by atoms with E-state index in [1.165, 1.54) is 10.4 Å². The second kappa shape index (κ2) is 7.02. The van der Waals surface area contributed by atoms with Crippen molar-refractivity contribution < 1.29 is 0 Å². The Bertz CT molecular complexity index is 470. The summed E-state index contributed by atoms with van der Waals surface area (Å²) in [6.45, 7) is 3.23. The van der Waals surface area contributed by atoms with E-state index in [1.54, 1.807) is 11.3 Å². The molecule has 2 nitrogen and oxygen atoms in total. The van der Waals surface area contributed by atoms with E-state index in [2.05, 4.69) is 57.4 Å². The molecule has 1 aromatic heterocycles. The van der Waals surface area contributed by atoms with E-state index in [9.17, 15) is 0 Å². The molecule has 0 aliphatic carbocycles. The minimum absolute atomic E-state index is 0.364. The first-order valence-corrected chi connectivity index (χ1v) is 7.83. The molecule has 4 heteroatoms. The van der Waals surface area contributed by atoms with Crippen LogP contribution in [-0.2, 0) is 6.42 Å². The molecule has 1 atom stereocenters. The summed E-state index contributed by atoms with van der Waals surface area (Å²) in [7, 11) is 0. The fourth-order valence-electron chi connectivity index (χ4n) is 1.89. The Hall–Kier alpha value is -0.710. The number of thiazole rings is 1. The summed E-state index contributed by atoms with van der Waals surface area (Å²) in [6, 6.07) is 8.88. The third-order valence-electron chi connectivity index (χ3n) is 2.78. The molecule has 0 amide bonds. The summed E-state index contributed by atoms with van der Waals surface area (Å²) in [5.41, 5.74) is 3.22. The molecule has 0 fully saturated rings. The smallest absolute Gasteiger partial charge is 0.0794 e. The quantitative estimate of drug-likeness (QED) is 0.861. The Balaban J connectivity index is 2.13. The van der Waals surface area contributed by atoms with Crippen LogP contribution in [0.5, 0.6) is 0 Å². The standard InChI is InChI=1S/C14H17BrN2S/c1-2-6-17-14(8-13-9-16-10-18-13)11-4-3-5-12(15)7-11/h3-5,7,9-10,14,17H,2,6,8H2,1H3. The predicted molar refractivity (Wildman–Crippen MR) is 81.0 cm³/mol. The lowest BCUT2D eigenvalue weighted by Gasteiger charge is -2.18. The number of nitrogens with one attached hydrogen (secondary N) is 1. The van der Waals surface area contributed by atoms with E-state index >= 15 is 0 Å². The first-order valence-electron chi connectivity index (χ1n) is 6.16. The molecule has 1 heterocycles. The summed E-state index contributed by atoms with van der Waals surface area (Å²) in [5.74, 6) is 0. The molecule has 0 radical (unpaired) electrons. The Labute approximate surface area is 121 Å². The van der Waals surface area contributed by atoms with Crippen LogP contribution in [0.3, 0.4) is 0 Å². The molecule has 1 aromatic carbocycles. The fourth-order valence-corrected chi connectivity index (χ4v) is 2.95. The molecule has 0 spiro atoms. The van der Waals surface area contributed by atoms with Crippen molar-refractivity contribution in [3.8, 4) is 0 Å². The Morgan fingerprint density at radius 3 is 3.00 bits per heavy atom. The molecule has 2 rings (SSSR count). The van der Waals surface area contributed by atoms with Gasteiger partial charge in [-0.2, -0.15) is 0 Å². The average Bonchev–Trinajstić information content (AvgIpc) is 2.87. The van der Waals surface area contributed by atoms with Gasteiger partial charge in [-0.05, 0) is 30.7 Å². The van der Waals surface area contributed by atoms with Crippen molar-refractivity contribution in [2.45, 2.75) is 25.8 Å². The molecule has 0 saturated carbocycles. The monoisotopic (exact) mass is 324 g/mol. The van der Waals surface area contributed by atoms with Gasteiger partial charge in [0.1, 0.15) is 0 Å². The summed E-state index contributed by atoms with van der Waals surface area (Å²) < 4.78 is 1.13. The minimum Gasteiger partial charge on any atom is -0.310 e. The normalized spacial score (nSPS) is 12.6. The van der Waals surface area contributed by atoms with Gasteiger partial charge in [-0.1, -0.05) is 35.0 Å². The zero-order valence-electron chi connectivity index (χ0n) is 10.4. The highest BCUT2D eigenvalue weighted by molar-refractivity contribution is 9.10. The van der Waals surface area contributed by atoms with E-state index < -0.39 is 0 Å². The topological polar surface area (TPSA) is 24.9 Å². The third-order valence-corrected chi connectivity index (χ3v) is 4.08. The van der Waals surface area contributed by atoms with Gasteiger partial charge >= 0.3 is 0 Å². The maximum atomic E-state index is 4.15. The van der Waals surface area contributed by atoms with Gasteiger partial charge in [0.2, 0.25) is 0 Å². The number of aromatic nitrogens is 1. The second-order valence-corrected chi connectivity index (χ2v) is 6.12. The van der Waals surface area contributed by atoms with Crippen molar-refractivity contribution in [2.24, 2.45) is 0 Å². The van der Waals surface area contributed by atoms with E-state index in [0.29, 0.717) is 6.04 Å². The van der Waals surface area contributed by atoms with Gasteiger partial charge in [-0.3, -0.25) is 4.98 Å². The number of halogens is 1. The Morgan fingerprint density at radius 2 is 2.33 bits per heavy atom. The molecule has 2 aromatic rings. The largest absolute Gasteiger partial charge is 0.310 e. The zero-order chi connectivity index (χ0) is 12.8. The van der Waals surface area contributed by atoms with Gasteiger partial charge in [0.15, 0.2) is 0 Å². The van der Waals surface area contributed by atoms with Gasteiger partial charge in [0, 0.05) is 28.0 Å². The van der Waals surface area contributed by atoms with E-state index in [4.69, 9.17) is 0 Å². The van der Waals surface area contributed by atoms with Gasteiger partial charge < -0.3 is 5.32 Å². The predicted octanol–water partition coefficient (Wildman–Crippen LogP) is 4.19. The molecule has 0 saturated heterocycles. The fraction of sp³-hybridized carbons (Fsp3) is 0.357. The van der Waals surface area contributed by atoms with Crippen LogP contribution in [0.1, 0.15) is 29.8 Å². The number of benzene rings is 1. The van der Waals surface area contributed by atoms with Gasteiger partial charge in [-0.25, -0.2) is 0 Å². The molecule has 0 bridgehead atoms. The van der Waals surface area contributed by atoms with Crippen molar-refractivity contribution >= 4 is 27.3 Å². The molecule has 96 valence electrons. The van der Waals surface area contributed by atoms with E-state index in [1.807, 2.05) is 11.7 Å². The maximum Gasteiger partial charge on any atom is 0.0794 e. The van der Waals surface area contributed by atoms with Crippen LogP contribution in [0, 0.1) is 0 Å². The summed E-state index contributed by atoms with van der Waals surface area (Å²) in [5, 5.41) is 3.61. The number of nitrogens with zero attached hydrogens (tertiary/aromatic N) is 1. The average molecular weight is 325 g/mol. The van der Waals surface area contributed by atoms with Crippen LogP contribution >= 0.6 is 27.3 Å². The van der Waals surface area contributed by atoms with Gasteiger partial charge in [0.05, 0.1) is 5.51 Å². The molecule has 1 N–H and O–H groups in total. The van der Waals surface area contributed by atoms with Crippen molar-refractivity contribution in [2.75, 3.05) is 6.54 Å². The minimum atomic E-state index is 0.364. The Kier molecular flexibility index (Phi) is 5.35.